The summed E-state index contributed by atoms with van der Waals surface area (Å²) in [5, 5.41) is 0.499. The number of nitrogens with two attached hydrogens (primary N) is 1. The van der Waals surface area contributed by atoms with Crippen molar-refractivity contribution in [2.24, 2.45) is 0 Å². The van der Waals surface area contributed by atoms with Gasteiger partial charge in [-0.05, 0) is 37.6 Å². The molecule has 2 aliphatic heterocycles. The Morgan fingerprint density at radius 2 is 2.10 bits per heavy atom. The summed E-state index contributed by atoms with van der Waals surface area (Å²) < 4.78 is 0. The number of hydrogen-bond acceptors (Lipinski definition) is 3. The smallest absolute Gasteiger partial charge is 0.254 e. The Balaban J connectivity index is 1.72. The van der Waals surface area contributed by atoms with Gasteiger partial charge in [-0.3, -0.25) is 9.69 Å². The van der Waals surface area contributed by atoms with Gasteiger partial charge < -0.3 is 10.6 Å². The van der Waals surface area contributed by atoms with Crippen molar-refractivity contribution in [1.82, 2.24) is 9.80 Å². The van der Waals surface area contributed by atoms with Crippen LogP contribution in [0.2, 0.25) is 5.02 Å². The van der Waals surface area contributed by atoms with Crippen molar-refractivity contribution >= 4 is 23.2 Å². The summed E-state index contributed by atoms with van der Waals surface area (Å²) in [4.78, 5) is 17.0. The van der Waals surface area contributed by atoms with Crippen LogP contribution < -0.4 is 5.73 Å². The van der Waals surface area contributed by atoms with E-state index in [4.69, 9.17) is 17.3 Å². The van der Waals surface area contributed by atoms with Crippen LogP contribution in [0.5, 0.6) is 0 Å². The van der Waals surface area contributed by atoms with E-state index in [0.717, 1.165) is 19.6 Å². The molecule has 3 rings (SSSR count). The molecule has 0 aromatic heterocycles. The lowest BCUT2D eigenvalue weighted by molar-refractivity contribution is 0.0372. The van der Waals surface area contributed by atoms with E-state index in [1.807, 2.05) is 4.90 Å². The van der Waals surface area contributed by atoms with Gasteiger partial charge in [0.25, 0.3) is 5.91 Å². The summed E-state index contributed by atoms with van der Waals surface area (Å²) in [7, 11) is 0. The zero-order valence-electron chi connectivity index (χ0n) is 11.5. The summed E-state index contributed by atoms with van der Waals surface area (Å²) in [5.41, 5.74) is 6.89. The molecule has 1 amide bonds. The third-order valence-corrected chi connectivity index (χ3v) is 4.71. The maximum atomic E-state index is 12.5. The standard InChI is InChI=1S/C15H20ClN3O/c16-13-5-4-11(9-14(13)17)15(20)19-8-7-18-6-2-1-3-12(18)10-19/h4-5,9,12H,1-3,6-8,10,17H2. The largest absolute Gasteiger partial charge is 0.398 e. The number of piperidine rings is 1. The van der Waals surface area contributed by atoms with E-state index in [2.05, 4.69) is 4.90 Å². The molecule has 2 saturated heterocycles. The fourth-order valence-corrected chi connectivity index (χ4v) is 3.32. The first-order valence-corrected chi connectivity index (χ1v) is 7.61. The molecule has 2 heterocycles. The highest BCUT2D eigenvalue weighted by Gasteiger charge is 2.31. The average Bonchev–Trinajstić information content (AvgIpc) is 2.49. The number of carbonyl (C=O) groups excluding carboxylic acids is 1. The van der Waals surface area contributed by atoms with Gasteiger partial charge in [0.05, 0.1) is 10.7 Å². The Kier molecular flexibility index (Phi) is 3.85. The summed E-state index contributed by atoms with van der Waals surface area (Å²) in [6.45, 7) is 3.80. The molecule has 5 heteroatoms. The number of halogens is 1. The number of nitrogens with zero attached hydrogens (tertiary/aromatic N) is 2. The van der Waals surface area contributed by atoms with Gasteiger partial charge in [-0.2, -0.15) is 0 Å². The zero-order chi connectivity index (χ0) is 14.1. The lowest BCUT2D eigenvalue weighted by Crippen LogP contribution is -2.56. The predicted molar refractivity (Wildman–Crippen MR) is 81.0 cm³/mol. The van der Waals surface area contributed by atoms with Gasteiger partial charge in [0.1, 0.15) is 0 Å². The molecule has 0 radical (unpaired) electrons. The van der Waals surface area contributed by atoms with E-state index in [-0.39, 0.29) is 5.91 Å². The summed E-state index contributed by atoms with van der Waals surface area (Å²) >= 11 is 5.91. The van der Waals surface area contributed by atoms with Crippen LogP contribution in [0.4, 0.5) is 5.69 Å². The van der Waals surface area contributed by atoms with E-state index in [9.17, 15) is 4.79 Å². The van der Waals surface area contributed by atoms with Gasteiger partial charge in [-0.15, -0.1) is 0 Å². The Morgan fingerprint density at radius 3 is 2.90 bits per heavy atom. The molecule has 0 spiro atoms. The van der Waals surface area contributed by atoms with Crippen LogP contribution in [-0.2, 0) is 0 Å². The third-order valence-electron chi connectivity index (χ3n) is 4.37. The van der Waals surface area contributed by atoms with Crippen molar-refractivity contribution < 1.29 is 4.79 Å². The second kappa shape index (κ2) is 5.62. The molecular formula is C15H20ClN3O. The van der Waals surface area contributed by atoms with E-state index in [0.29, 0.717) is 22.3 Å². The van der Waals surface area contributed by atoms with Crippen LogP contribution >= 0.6 is 11.6 Å². The fourth-order valence-electron chi connectivity index (χ4n) is 3.20. The molecule has 2 aliphatic rings. The Labute approximate surface area is 124 Å². The summed E-state index contributed by atoms with van der Waals surface area (Å²) in [6.07, 6.45) is 3.77. The molecule has 2 fully saturated rings. The van der Waals surface area contributed by atoms with Crippen molar-refractivity contribution in [3.05, 3.63) is 28.8 Å². The number of benzene rings is 1. The van der Waals surface area contributed by atoms with Gasteiger partial charge in [0, 0.05) is 31.2 Å². The molecule has 1 aromatic rings. The van der Waals surface area contributed by atoms with Crippen LogP contribution in [0.3, 0.4) is 0 Å². The minimum absolute atomic E-state index is 0.0681. The Hall–Kier alpha value is -1.26. The molecule has 0 aliphatic carbocycles. The Morgan fingerprint density at radius 1 is 1.25 bits per heavy atom. The molecule has 4 nitrogen and oxygen atoms in total. The topological polar surface area (TPSA) is 49.6 Å². The molecule has 1 aromatic carbocycles. The van der Waals surface area contributed by atoms with Crippen LogP contribution in [0, 0.1) is 0 Å². The number of piperazine rings is 1. The van der Waals surface area contributed by atoms with Gasteiger partial charge in [0.15, 0.2) is 0 Å². The average molecular weight is 294 g/mol. The summed E-state index contributed by atoms with van der Waals surface area (Å²) in [6, 6.07) is 5.67. The predicted octanol–water partition coefficient (Wildman–Crippen LogP) is 2.23. The van der Waals surface area contributed by atoms with Crippen molar-refractivity contribution in [2.75, 3.05) is 31.9 Å². The van der Waals surface area contributed by atoms with Crippen LogP contribution in [0.1, 0.15) is 29.6 Å². The molecule has 20 heavy (non-hydrogen) atoms. The first-order chi connectivity index (χ1) is 9.65. The van der Waals surface area contributed by atoms with Gasteiger partial charge >= 0.3 is 0 Å². The highest BCUT2D eigenvalue weighted by Crippen LogP contribution is 2.24. The van der Waals surface area contributed by atoms with Crippen molar-refractivity contribution in [3.63, 3.8) is 0 Å². The highest BCUT2D eigenvalue weighted by molar-refractivity contribution is 6.33. The number of amides is 1. The first-order valence-electron chi connectivity index (χ1n) is 7.23. The van der Waals surface area contributed by atoms with E-state index in [1.54, 1.807) is 18.2 Å². The summed E-state index contributed by atoms with van der Waals surface area (Å²) in [5.74, 6) is 0.0681. The Bertz CT molecular complexity index is 520. The molecule has 0 saturated carbocycles. The second-order valence-electron chi connectivity index (χ2n) is 5.67. The molecule has 1 unspecified atom stereocenters. The fraction of sp³-hybridized carbons (Fsp3) is 0.533. The van der Waals surface area contributed by atoms with E-state index in [1.165, 1.54) is 25.8 Å². The first kappa shape index (κ1) is 13.7. The number of carbonyl (C=O) groups is 1. The van der Waals surface area contributed by atoms with E-state index >= 15 is 0 Å². The van der Waals surface area contributed by atoms with Crippen molar-refractivity contribution in [3.8, 4) is 0 Å². The number of fused-ring (bicyclic) bond motifs is 1. The minimum atomic E-state index is 0.0681. The van der Waals surface area contributed by atoms with Gasteiger partial charge in [-0.25, -0.2) is 0 Å². The lowest BCUT2D eigenvalue weighted by atomic mass is 9.99. The molecular weight excluding hydrogens is 274 g/mol. The van der Waals surface area contributed by atoms with Crippen LogP contribution in [0.15, 0.2) is 18.2 Å². The normalized spacial score (nSPS) is 23.4. The number of hydrogen-bond donors (Lipinski definition) is 1. The van der Waals surface area contributed by atoms with Crippen LogP contribution in [0.25, 0.3) is 0 Å². The molecule has 108 valence electrons. The SMILES string of the molecule is Nc1cc(C(=O)N2CCN3CCCCC3C2)ccc1Cl. The zero-order valence-corrected chi connectivity index (χ0v) is 12.3. The van der Waals surface area contributed by atoms with Gasteiger partial charge in [-0.1, -0.05) is 18.0 Å². The van der Waals surface area contributed by atoms with Gasteiger partial charge in [0.2, 0.25) is 0 Å². The minimum Gasteiger partial charge on any atom is -0.398 e. The number of rotatable bonds is 1. The highest BCUT2D eigenvalue weighted by atomic mass is 35.5. The van der Waals surface area contributed by atoms with Crippen molar-refractivity contribution in [2.45, 2.75) is 25.3 Å². The molecule has 2 N–H and O–H groups in total. The third kappa shape index (κ3) is 2.63. The monoisotopic (exact) mass is 293 g/mol. The quantitative estimate of drug-likeness (QED) is 0.808. The maximum Gasteiger partial charge on any atom is 0.254 e. The molecule has 0 bridgehead atoms. The lowest BCUT2D eigenvalue weighted by Gasteiger charge is -2.44. The number of nitrogen functional groups attached to an aromatic ring is 1. The maximum absolute atomic E-state index is 12.5. The van der Waals surface area contributed by atoms with Crippen LogP contribution in [-0.4, -0.2) is 47.9 Å². The number of anilines is 1. The second-order valence-corrected chi connectivity index (χ2v) is 6.08. The van der Waals surface area contributed by atoms with E-state index < -0.39 is 0 Å². The van der Waals surface area contributed by atoms with Crippen molar-refractivity contribution in [1.29, 1.82) is 0 Å². The molecule has 1 atom stereocenters.